The minimum Gasteiger partial charge on any atom is -0.333 e. The molecule has 0 aliphatic carbocycles. The third kappa shape index (κ3) is 6.25. The van der Waals surface area contributed by atoms with Crippen LogP contribution in [0.2, 0.25) is 10.0 Å². The van der Waals surface area contributed by atoms with E-state index in [9.17, 15) is 14.4 Å². The van der Waals surface area contributed by atoms with E-state index in [1.165, 1.54) is 11.8 Å². The summed E-state index contributed by atoms with van der Waals surface area (Å²) in [4.78, 5) is 37.4. The highest BCUT2D eigenvalue weighted by Crippen LogP contribution is 2.29. The highest BCUT2D eigenvalue weighted by Gasteiger charge is 2.17. The molecule has 2 aromatic carbocycles. The molecule has 0 heterocycles. The predicted molar refractivity (Wildman–Crippen MR) is 112 cm³/mol. The number of carbonyl (C=O) groups excluding carboxylic acids is 3. The molecule has 2 N–H and O–H groups in total. The second-order valence-corrected chi connectivity index (χ2v) is 6.92. The van der Waals surface area contributed by atoms with Gasteiger partial charge in [0.25, 0.3) is 0 Å². The van der Waals surface area contributed by atoms with Gasteiger partial charge in [-0.05, 0) is 36.8 Å². The van der Waals surface area contributed by atoms with Crippen molar-refractivity contribution in [2.24, 2.45) is 0 Å². The van der Waals surface area contributed by atoms with Gasteiger partial charge in [-0.25, -0.2) is 0 Å². The fourth-order valence-electron chi connectivity index (χ4n) is 2.54. The fraction of sp³-hybridized carbons (Fsp3) is 0.250. The number of carbonyl (C=O) groups is 3. The van der Waals surface area contributed by atoms with Crippen molar-refractivity contribution in [2.75, 3.05) is 23.7 Å². The lowest BCUT2D eigenvalue weighted by Crippen LogP contribution is -2.38. The standard InChI is InChI=1S/C20H21Cl2N3O3/c1-3-25(12-18(27)24-20-16(21)5-4-6-17(20)22)19(28)11-14-7-9-15(10-8-14)23-13(2)26/h4-10H,3,11-12H2,1-2H3,(H,23,26)(H,24,27). The number of anilines is 2. The van der Waals surface area contributed by atoms with Crippen LogP contribution in [0.3, 0.4) is 0 Å². The molecule has 0 saturated carbocycles. The molecule has 0 saturated heterocycles. The zero-order chi connectivity index (χ0) is 20.7. The van der Waals surface area contributed by atoms with Gasteiger partial charge < -0.3 is 15.5 Å². The Morgan fingerprint density at radius 1 is 0.964 bits per heavy atom. The van der Waals surface area contributed by atoms with Crippen molar-refractivity contribution in [1.82, 2.24) is 4.90 Å². The predicted octanol–water partition coefficient (Wildman–Crippen LogP) is 3.98. The van der Waals surface area contributed by atoms with Crippen LogP contribution in [-0.2, 0) is 20.8 Å². The second-order valence-electron chi connectivity index (χ2n) is 6.11. The molecule has 2 rings (SSSR count). The Labute approximate surface area is 173 Å². The van der Waals surface area contributed by atoms with Crippen LogP contribution < -0.4 is 10.6 Å². The van der Waals surface area contributed by atoms with E-state index in [1.54, 1.807) is 49.4 Å². The first-order valence-electron chi connectivity index (χ1n) is 8.68. The Bertz CT molecular complexity index is 849. The van der Waals surface area contributed by atoms with Gasteiger partial charge in [0.15, 0.2) is 0 Å². The first-order valence-corrected chi connectivity index (χ1v) is 9.44. The zero-order valence-electron chi connectivity index (χ0n) is 15.6. The van der Waals surface area contributed by atoms with E-state index >= 15 is 0 Å². The van der Waals surface area contributed by atoms with E-state index in [1.807, 2.05) is 0 Å². The Hall–Kier alpha value is -2.57. The molecule has 0 spiro atoms. The van der Waals surface area contributed by atoms with Gasteiger partial charge in [-0.3, -0.25) is 14.4 Å². The van der Waals surface area contributed by atoms with Crippen molar-refractivity contribution < 1.29 is 14.4 Å². The second kappa shape index (κ2) is 10.1. The summed E-state index contributed by atoms with van der Waals surface area (Å²) >= 11 is 12.1. The largest absolute Gasteiger partial charge is 0.333 e. The lowest BCUT2D eigenvalue weighted by atomic mass is 10.1. The van der Waals surface area contributed by atoms with Crippen molar-refractivity contribution in [3.8, 4) is 0 Å². The van der Waals surface area contributed by atoms with Crippen molar-refractivity contribution >= 4 is 52.3 Å². The maximum Gasteiger partial charge on any atom is 0.244 e. The molecular formula is C20H21Cl2N3O3. The number of nitrogens with one attached hydrogen (secondary N) is 2. The van der Waals surface area contributed by atoms with Crippen LogP contribution >= 0.6 is 23.2 Å². The van der Waals surface area contributed by atoms with Gasteiger partial charge in [-0.15, -0.1) is 0 Å². The van der Waals surface area contributed by atoms with Crippen molar-refractivity contribution in [2.45, 2.75) is 20.3 Å². The summed E-state index contributed by atoms with van der Waals surface area (Å²) in [7, 11) is 0. The number of nitrogens with zero attached hydrogens (tertiary/aromatic N) is 1. The van der Waals surface area contributed by atoms with Gasteiger partial charge in [0, 0.05) is 19.2 Å². The first kappa shape index (κ1) is 21.7. The van der Waals surface area contributed by atoms with Crippen LogP contribution in [0.15, 0.2) is 42.5 Å². The number of likely N-dealkylation sites (N-methyl/N-ethyl adjacent to an activating group) is 1. The van der Waals surface area contributed by atoms with Crippen LogP contribution in [-0.4, -0.2) is 35.7 Å². The molecule has 0 fully saturated rings. The summed E-state index contributed by atoms with van der Waals surface area (Å²) < 4.78 is 0. The number of para-hydroxylation sites is 1. The Morgan fingerprint density at radius 3 is 2.11 bits per heavy atom. The molecule has 0 unspecified atom stereocenters. The number of rotatable bonds is 7. The summed E-state index contributed by atoms with van der Waals surface area (Å²) in [6, 6.07) is 11.9. The molecule has 0 atom stereocenters. The number of hydrogen-bond acceptors (Lipinski definition) is 3. The number of hydrogen-bond donors (Lipinski definition) is 2. The van der Waals surface area contributed by atoms with Gasteiger partial charge in [0.2, 0.25) is 17.7 Å². The van der Waals surface area contributed by atoms with E-state index in [2.05, 4.69) is 10.6 Å². The topological polar surface area (TPSA) is 78.5 Å². The van der Waals surface area contributed by atoms with Crippen LogP contribution in [0.25, 0.3) is 0 Å². The molecule has 8 heteroatoms. The van der Waals surface area contributed by atoms with Gasteiger partial charge in [-0.1, -0.05) is 41.4 Å². The van der Waals surface area contributed by atoms with Gasteiger partial charge in [-0.2, -0.15) is 0 Å². The highest BCUT2D eigenvalue weighted by atomic mass is 35.5. The molecule has 6 nitrogen and oxygen atoms in total. The summed E-state index contributed by atoms with van der Waals surface area (Å²) in [5, 5.41) is 5.98. The number of amides is 3. The lowest BCUT2D eigenvalue weighted by molar-refractivity contribution is -0.133. The summed E-state index contributed by atoms with van der Waals surface area (Å²) in [6.45, 7) is 3.50. The number of halogens is 2. The molecule has 28 heavy (non-hydrogen) atoms. The van der Waals surface area contributed by atoms with E-state index in [-0.39, 0.29) is 30.7 Å². The van der Waals surface area contributed by atoms with Crippen LogP contribution in [0.1, 0.15) is 19.4 Å². The Balaban J connectivity index is 1.97. The van der Waals surface area contributed by atoms with E-state index in [0.717, 1.165) is 5.56 Å². The Morgan fingerprint density at radius 2 is 1.57 bits per heavy atom. The SMILES string of the molecule is CCN(CC(=O)Nc1c(Cl)cccc1Cl)C(=O)Cc1ccc(NC(C)=O)cc1. The van der Waals surface area contributed by atoms with Crippen molar-refractivity contribution in [3.05, 3.63) is 58.1 Å². The summed E-state index contributed by atoms with van der Waals surface area (Å²) in [6.07, 6.45) is 0.147. The molecule has 2 aromatic rings. The van der Waals surface area contributed by atoms with Crippen LogP contribution in [0.5, 0.6) is 0 Å². The highest BCUT2D eigenvalue weighted by molar-refractivity contribution is 6.39. The monoisotopic (exact) mass is 421 g/mol. The molecule has 148 valence electrons. The molecule has 0 radical (unpaired) electrons. The average Bonchev–Trinajstić information content (AvgIpc) is 2.64. The fourth-order valence-corrected chi connectivity index (χ4v) is 3.03. The smallest absolute Gasteiger partial charge is 0.244 e. The van der Waals surface area contributed by atoms with Gasteiger partial charge in [0.05, 0.1) is 28.7 Å². The summed E-state index contributed by atoms with van der Waals surface area (Å²) in [5.74, 6) is -0.730. The third-order valence-corrected chi connectivity index (χ3v) is 4.56. The number of benzene rings is 2. The van der Waals surface area contributed by atoms with Crippen molar-refractivity contribution in [1.29, 1.82) is 0 Å². The Kier molecular flexibility index (Phi) is 7.84. The van der Waals surface area contributed by atoms with Crippen LogP contribution in [0.4, 0.5) is 11.4 Å². The van der Waals surface area contributed by atoms with E-state index in [4.69, 9.17) is 23.2 Å². The molecule has 0 bridgehead atoms. The minimum atomic E-state index is -0.383. The average molecular weight is 422 g/mol. The summed E-state index contributed by atoms with van der Waals surface area (Å²) in [5.41, 5.74) is 1.77. The first-order chi connectivity index (χ1) is 13.3. The molecule has 0 aliphatic rings. The maximum absolute atomic E-state index is 12.6. The maximum atomic E-state index is 12.6. The quantitative estimate of drug-likeness (QED) is 0.709. The van der Waals surface area contributed by atoms with Crippen molar-refractivity contribution in [3.63, 3.8) is 0 Å². The van der Waals surface area contributed by atoms with Crippen LogP contribution in [0, 0.1) is 0 Å². The van der Waals surface area contributed by atoms with E-state index < -0.39 is 0 Å². The van der Waals surface area contributed by atoms with E-state index in [0.29, 0.717) is 28.0 Å². The molecular weight excluding hydrogens is 401 g/mol. The minimum absolute atomic E-state index is 0.110. The molecule has 0 aromatic heterocycles. The van der Waals surface area contributed by atoms with Gasteiger partial charge >= 0.3 is 0 Å². The molecule has 0 aliphatic heterocycles. The molecule has 3 amide bonds. The normalized spacial score (nSPS) is 10.3. The van der Waals surface area contributed by atoms with Gasteiger partial charge in [0.1, 0.15) is 0 Å². The third-order valence-electron chi connectivity index (χ3n) is 3.93. The lowest BCUT2D eigenvalue weighted by Gasteiger charge is -2.21. The zero-order valence-corrected chi connectivity index (χ0v) is 17.1.